The molecule has 0 bridgehead atoms. The van der Waals surface area contributed by atoms with Crippen LogP contribution in [0.15, 0.2) is 30.7 Å². The molecule has 0 spiro atoms. The lowest BCUT2D eigenvalue weighted by Crippen LogP contribution is -2.30. The zero-order valence-corrected chi connectivity index (χ0v) is 12.7. The van der Waals surface area contributed by atoms with E-state index < -0.39 is 11.7 Å². The van der Waals surface area contributed by atoms with Crippen LogP contribution < -0.4 is 5.32 Å². The van der Waals surface area contributed by atoms with Crippen LogP contribution in [-0.4, -0.2) is 15.5 Å². The van der Waals surface area contributed by atoms with Crippen molar-refractivity contribution in [3.8, 4) is 0 Å². The Kier molecular flexibility index (Phi) is 4.06. The molecule has 1 aromatic heterocycles. The number of hydrogen-bond donors (Lipinski definition) is 1. The van der Waals surface area contributed by atoms with Gasteiger partial charge in [0.2, 0.25) is 5.91 Å². The van der Waals surface area contributed by atoms with Crippen molar-refractivity contribution in [3.63, 3.8) is 0 Å². The number of halogens is 4. The van der Waals surface area contributed by atoms with Gasteiger partial charge >= 0.3 is 6.18 Å². The Labute approximate surface area is 135 Å². The molecule has 23 heavy (non-hydrogen) atoms. The van der Waals surface area contributed by atoms with Gasteiger partial charge in [-0.1, -0.05) is 11.6 Å². The number of carbonyl (C=O) groups is 1. The number of aryl methyl sites for hydroxylation is 1. The van der Waals surface area contributed by atoms with Gasteiger partial charge < -0.3 is 9.88 Å². The topological polar surface area (TPSA) is 46.9 Å². The van der Waals surface area contributed by atoms with E-state index in [1.165, 1.54) is 0 Å². The average Bonchev–Trinajstić information content (AvgIpc) is 2.95. The molecule has 0 saturated carbocycles. The lowest BCUT2D eigenvalue weighted by Gasteiger charge is -2.23. The van der Waals surface area contributed by atoms with E-state index in [0.717, 1.165) is 23.9 Å². The molecule has 8 heteroatoms. The largest absolute Gasteiger partial charge is 0.416 e. The zero-order valence-electron chi connectivity index (χ0n) is 11.9. The van der Waals surface area contributed by atoms with E-state index in [-0.39, 0.29) is 22.5 Å². The highest BCUT2D eigenvalue weighted by molar-refractivity contribution is 6.33. The number of anilines is 1. The molecular weight excluding hydrogens is 331 g/mol. The highest BCUT2D eigenvalue weighted by Crippen LogP contribution is 2.34. The van der Waals surface area contributed by atoms with Gasteiger partial charge in [-0.05, 0) is 24.6 Å². The van der Waals surface area contributed by atoms with E-state index in [1.807, 2.05) is 4.57 Å². The molecular formula is C15H13ClF3N3O. The van der Waals surface area contributed by atoms with Crippen LogP contribution >= 0.6 is 11.6 Å². The van der Waals surface area contributed by atoms with Gasteiger partial charge in [-0.3, -0.25) is 4.79 Å². The Bertz CT molecular complexity index is 742. The minimum Gasteiger partial charge on any atom is -0.335 e. The Morgan fingerprint density at radius 2 is 2.17 bits per heavy atom. The Morgan fingerprint density at radius 1 is 1.39 bits per heavy atom. The summed E-state index contributed by atoms with van der Waals surface area (Å²) in [5, 5.41) is 2.59. The van der Waals surface area contributed by atoms with Crippen molar-refractivity contribution in [2.45, 2.75) is 25.6 Å². The summed E-state index contributed by atoms with van der Waals surface area (Å²) in [7, 11) is 0. The molecule has 1 atom stereocenters. The minimum atomic E-state index is -4.48. The molecule has 2 aromatic rings. The summed E-state index contributed by atoms with van der Waals surface area (Å²) in [4.78, 5) is 16.4. The molecule has 1 aromatic carbocycles. The van der Waals surface area contributed by atoms with Crippen molar-refractivity contribution < 1.29 is 18.0 Å². The number of fused-ring (bicyclic) bond motifs is 1. The van der Waals surface area contributed by atoms with Gasteiger partial charge in [0.25, 0.3) is 0 Å². The molecule has 1 aliphatic heterocycles. The van der Waals surface area contributed by atoms with Crippen molar-refractivity contribution in [1.29, 1.82) is 0 Å². The van der Waals surface area contributed by atoms with Gasteiger partial charge in [-0.2, -0.15) is 13.2 Å². The standard InChI is InChI=1S/C15H13ClF3N3O/c16-12-2-1-10(15(17,18)19)6-13(12)21-14(23)9-3-4-22-8-20-7-11(22)5-9/h1-2,6-9H,3-5H2,(H,21,23). The van der Waals surface area contributed by atoms with Crippen LogP contribution in [0.5, 0.6) is 0 Å². The number of nitrogens with zero attached hydrogens (tertiary/aromatic N) is 2. The van der Waals surface area contributed by atoms with Crippen LogP contribution in [-0.2, 0) is 23.9 Å². The maximum atomic E-state index is 12.8. The van der Waals surface area contributed by atoms with Crippen molar-refractivity contribution in [1.82, 2.24) is 9.55 Å². The number of alkyl halides is 3. The number of rotatable bonds is 2. The van der Waals surface area contributed by atoms with Crippen LogP contribution in [0.3, 0.4) is 0 Å². The van der Waals surface area contributed by atoms with E-state index >= 15 is 0 Å². The van der Waals surface area contributed by atoms with Crippen LogP contribution in [0.4, 0.5) is 18.9 Å². The lowest BCUT2D eigenvalue weighted by molar-refractivity contribution is -0.137. The van der Waals surface area contributed by atoms with Crippen molar-refractivity contribution >= 4 is 23.2 Å². The highest BCUT2D eigenvalue weighted by atomic mass is 35.5. The number of hydrogen-bond acceptors (Lipinski definition) is 2. The first-order chi connectivity index (χ1) is 10.8. The monoisotopic (exact) mass is 343 g/mol. The molecule has 0 fully saturated rings. The van der Waals surface area contributed by atoms with E-state index in [0.29, 0.717) is 19.4 Å². The molecule has 1 amide bonds. The third-order valence-corrected chi connectivity index (χ3v) is 4.22. The first kappa shape index (κ1) is 15.9. The number of benzene rings is 1. The zero-order chi connectivity index (χ0) is 16.6. The molecule has 1 unspecified atom stereocenters. The van der Waals surface area contributed by atoms with Gasteiger partial charge in [0.15, 0.2) is 0 Å². The van der Waals surface area contributed by atoms with E-state index in [2.05, 4.69) is 10.3 Å². The molecule has 1 N–H and O–H groups in total. The van der Waals surface area contributed by atoms with Crippen LogP contribution in [0, 0.1) is 5.92 Å². The van der Waals surface area contributed by atoms with Gasteiger partial charge in [-0.25, -0.2) is 4.98 Å². The first-order valence-corrected chi connectivity index (χ1v) is 7.39. The highest BCUT2D eigenvalue weighted by Gasteiger charge is 2.31. The number of aromatic nitrogens is 2. The Balaban J connectivity index is 1.76. The van der Waals surface area contributed by atoms with E-state index in [1.54, 1.807) is 12.5 Å². The number of carbonyl (C=O) groups excluding carboxylic acids is 1. The van der Waals surface area contributed by atoms with Crippen molar-refractivity contribution in [3.05, 3.63) is 47.0 Å². The van der Waals surface area contributed by atoms with E-state index in [9.17, 15) is 18.0 Å². The number of imidazole rings is 1. The number of nitrogens with one attached hydrogen (secondary N) is 1. The predicted octanol–water partition coefficient (Wildman–Crippen LogP) is 3.76. The summed E-state index contributed by atoms with van der Waals surface area (Å²) in [6.07, 6.45) is 0.0133. The quantitative estimate of drug-likeness (QED) is 0.902. The Hall–Kier alpha value is -2.02. The van der Waals surface area contributed by atoms with Gasteiger partial charge in [0, 0.05) is 30.8 Å². The molecule has 4 nitrogen and oxygen atoms in total. The average molecular weight is 344 g/mol. The molecule has 122 valence electrons. The number of amides is 1. The molecule has 0 aliphatic carbocycles. The molecule has 0 saturated heterocycles. The van der Waals surface area contributed by atoms with Crippen molar-refractivity contribution in [2.24, 2.45) is 5.92 Å². The summed E-state index contributed by atoms with van der Waals surface area (Å²) >= 11 is 5.90. The summed E-state index contributed by atoms with van der Waals surface area (Å²) < 4.78 is 40.2. The third-order valence-electron chi connectivity index (χ3n) is 3.89. The van der Waals surface area contributed by atoms with Crippen LogP contribution in [0.25, 0.3) is 0 Å². The Morgan fingerprint density at radius 3 is 2.91 bits per heavy atom. The molecule has 1 aliphatic rings. The fourth-order valence-corrected chi connectivity index (χ4v) is 2.79. The second kappa shape index (κ2) is 5.88. The molecule has 2 heterocycles. The summed E-state index contributed by atoms with van der Waals surface area (Å²) in [5.74, 6) is -0.650. The fourth-order valence-electron chi connectivity index (χ4n) is 2.62. The second-order valence-corrected chi connectivity index (χ2v) is 5.86. The van der Waals surface area contributed by atoms with E-state index in [4.69, 9.17) is 11.6 Å². The predicted molar refractivity (Wildman–Crippen MR) is 79.1 cm³/mol. The van der Waals surface area contributed by atoms with Gasteiger partial charge in [0.1, 0.15) is 0 Å². The maximum Gasteiger partial charge on any atom is 0.416 e. The lowest BCUT2D eigenvalue weighted by atomic mass is 9.95. The van der Waals surface area contributed by atoms with Gasteiger partial charge in [-0.15, -0.1) is 0 Å². The normalized spacial score (nSPS) is 17.7. The fraction of sp³-hybridized carbons (Fsp3) is 0.333. The summed E-state index contributed by atoms with van der Waals surface area (Å²) in [6.45, 7) is 0.656. The smallest absolute Gasteiger partial charge is 0.335 e. The maximum absolute atomic E-state index is 12.8. The van der Waals surface area contributed by atoms with Gasteiger partial charge in [0.05, 0.1) is 22.6 Å². The summed E-state index contributed by atoms with van der Waals surface area (Å²) in [5.41, 5.74) is 0.0658. The summed E-state index contributed by atoms with van der Waals surface area (Å²) in [6, 6.07) is 2.88. The molecule has 0 radical (unpaired) electrons. The second-order valence-electron chi connectivity index (χ2n) is 5.45. The van der Waals surface area contributed by atoms with Crippen molar-refractivity contribution in [2.75, 3.05) is 5.32 Å². The van der Waals surface area contributed by atoms with Crippen LogP contribution in [0.1, 0.15) is 17.7 Å². The first-order valence-electron chi connectivity index (χ1n) is 7.01. The minimum absolute atomic E-state index is 0.0226. The molecule has 3 rings (SSSR count). The SMILES string of the molecule is O=C(Nc1cc(C(F)(F)F)ccc1Cl)C1CCn2cncc2C1. The third kappa shape index (κ3) is 3.34. The van der Waals surface area contributed by atoms with Crippen LogP contribution in [0.2, 0.25) is 5.02 Å².